The molecule has 1 aliphatic rings. The van der Waals surface area contributed by atoms with E-state index in [0.717, 1.165) is 16.8 Å². The minimum absolute atomic E-state index is 0.00776. The molecule has 1 aliphatic heterocycles. The molecule has 0 radical (unpaired) electrons. The minimum Gasteiger partial charge on any atom is -0.265 e. The van der Waals surface area contributed by atoms with E-state index >= 15 is 0 Å². The van der Waals surface area contributed by atoms with Gasteiger partial charge in [0.15, 0.2) is 5.84 Å². The van der Waals surface area contributed by atoms with Crippen LogP contribution in [0.2, 0.25) is 10.0 Å². The van der Waals surface area contributed by atoms with Crippen molar-refractivity contribution in [1.82, 2.24) is 4.72 Å². The van der Waals surface area contributed by atoms with Crippen molar-refractivity contribution in [3.05, 3.63) is 81.0 Å². The van der Waals surface area contributed by atoms with Gasteiger partial charge in [0.25, 0.3) is 10.0 Å². The lowest BCUT2D eigenvalue weighted by Crippen LogP contribution is -2.36. The van der Waals surface area contributed by atoms with E-state index in [0.29, 0.717) is 22.2 Å². The fourth-order valence-electron chi connectivity index (χ4n) is 3.49. The fraction of sp³-hybridized carbons (Fsp3) is 0.217. The van der Waals surface area contributed by atoms with Gasteiger partial charge in [-0.2, -0.15) is 5.10 Å². The molecule has 13 heteroatoms. The van der Waals surface area contributed by atoms with Crippen LogP contribution in [0.4, 0.5) is 5.69 Å². The standard InChI is InChI=1S/C23H22Cl2N4O4S3/c1-35(30,31)14-12-26-23(28-36(32,33)19-10-6-17(25)7-11-19)20-15-21(22-3-2-13-34-22)29(27-20)18-8-4-16(24)5-9-18/h2-11,13,21H,12,14-15H2,1H3,(H,26,28)/t21-/m1/s1. The number of nitrogens with one attached hydrogen (secondary N) is 1. The Hall–Kier alpha value is -2.44. The Morgan fingerprint density at radius 2 is 1.69 bits per heavy atom. The number of thiophene rings is 1. The van der Waals surface area contributed by atoms with Crippen LogP contribution in [-0.2, 0) is 19.9 Å². The second-order valence-electron chi connectivity index (χ2n) is 8.02. The highest BCUT2D eigenvalue weighted by Gasteiger charge is 2.33. The number of halogens is 2. The van der Waals surface area contributed by atoms with E-state index in [4.69, 9.17) is 28.3 Å². The summed E-state index contributed by atoms with van der Waals surface area (Å²) in [6.45, 7) is -0.124. The van der Waals surface area contributed by atoms with E-state index in [1.165, 1.54) is 24.3 Å². The van der Waals surface area contributed by atoms with E-state index in [9.17, 15) is 16.8 Å². The van der Waals surface area contributed by atoms with E-state index in [-0.39, 0.29) is 29.1 Å². The summed E-state index contributed by atoms with van der Waals surface area (Å²) in [6, 6.07) is 16.6. The number of benzene rings is 2. The normalized spacial score (nSPS) is 16.8. The van der Waals surface area contributed by atoms with Crippen LogP contribution in [0.15, 0.2) is 81.0 Å². The van der Waals surface area contributed by atoms with Crippen LogP contribution in [-0.4, -0.2) is 46.9 Å². The molecule has 8 nitrogen and oxygen atoms in total. The molecule has 190 valence electrons. The van der Waals surface area contributed by atoms with Gasteiger partial charge < -0.3 is 0 Å². The number of sulfonamides is 1. The second kappa shape index (κ2) is 10.9. The molecular formula is C23H22Cl2N4O4S3. The number of hydrogen-bond acceptors (Lipinski definition) is 8. The highest BCUT2D eigenvalue weighted by molar-refractivity contribution is 7.90. The zero-order valence-electron chi connectivity index (χ0n) is 19.0. The van der Waals surface area contributed by atoms with Gasteiger partial charge in [-0.05, 0) is 60.0 Å². The minimum atomic E-state index is -4.04. The molecule has 0 aliphatic carbocycles. The Morgan fingerprint density at radius 1 is 1.06 bits per heavy atom. The molecule has 1 aromatic heterocycles. The maximum atomic E-state index is 13.1. The second-order valence-corrected chi connectivity index (χ2v) is 13.8. The molecule has 0 saturated heterocycles. The van der Waals surface area contributed by atoms with Gasteiger partial charge >= 0.3 is 0 Å². The third kappa shape index (κ3) is 6.65. The average molecular weight is 586 g/mol. The van der Waals surface area contributed by atoms with Crippen molar-refractivity contribution < 1.29 is 16.8 Å². The Balaban J connectivity index is 1.72. The zero-order chi connectivity index (χ0) is 25.9. The smallest absolute Gasteiger partial charge is 0.263 e. The van der Waals surface area contributed by atoms with Crippen LogP contribution in [0.5, 0.6) is 0 Å². The number of rotatable bonds is 8. The largest absolute Gasteiger partial charge is 0.265 e. The van der Waals surface area contributed by atoms with Crippen molar-refractivity contribution >= 4 is 71.6 Å². The lowest BCUT2D eigenvalue weighted by atomic mass is 10.1. The highest BCUT2D eigenvalue weighted by atomic mass is 35.5. The van der Waals surface area contributed by atoms with Crippen molar-refractivity contribution in [2.45, 2.75) is 17.4 Å². The number of anilines is 1. The average Bonchev–Trinajstić information content (AvgIpc) is 3.48. The van der Waals surface area contributed by atoms with Crippen LogP contribution in [0, 0.1) is 0 Å². The van der Waals surface area contributed by atoms with Gasteiger partial charge in [-0.15, -0.1) is 11.3 Å². The van der Waals surface area contributed by atoms with Crippen molar-refractivity contribution in [2.75, 3.05) is 23.6 Å². The first-order chi connectivity index (χ1) is 17.0. The summed E-state index contributed by atoms with van der Waals surface area (Å²) in [5.74, 6) is -0.242. The van der Waals surface area contributed by atoms with Crippen LogP contribution >= 0.6 is 34.5 Å². The third-order valence-corrected chi connectivity index (χ3v) is 8.99. The molecule has 0 unspecified atom stereocenters. The molecule has 0 bridgehead atoms. The van der Waals surface area contributed by atoms with E-state index in [2.05, 4.69) is 9.71 Å². The zero-order valence-corrected chi connectivity index (χ0v) is 23.0. The maximum Gasteiger partial charge on any atom is 0.263 e. The SMILES string of the molecule is CS(=O)(=O)CCN=C(NS(=O)(=O)c1ccc(Cl)cc1)C1=NN(c2ccc(Cl)cc2)[C@@H](c2cccs2)C1. The number of nitrogens with zero attached hydrogens (tertiary/aromatic N) is 3. The summed E-state index contributed by atoms with van der Waals surface area (Å²) in [4.78, 5) is 5.34. The van der Waals surface area contributed by atoms with Gasteiger partial charge in [0.2, 0.25) is 0 Å². The first-order valence-corrected chi connectivity index (χ1v) is 15.9. The monoisotopic (exact) mass is 584 g/mol. The third-order valence-electron chi connectivity index (χ3n) is 5.23. The summed E-state index contributed by atoms with van der Waals surface area (Å²) in [5.41, 5.74) is 1.15. The molecule has 2 heterocycles. The highest BCUT2D eigenvalue weighted by Crippen LogP contribution is 2.37. The molecule has 1 N–H and O–H groups in total. The van der Waals surface area contributed by atoms with Crippen LogP contribution in [0.25, 0.3) is 0 Å². The lowest BCUT2D eigenvalue weighted by Gasteiger charge is -2.22. The Morgan fingerprint density at radius 3 is 2.28 bits per heavy atom. The van der Waals surface area contributed by atoms with Crippen molar-refractivity contribution in [3.8, 4) is 0 Å². The molecule has 0 fully saturated rings. The molecule has 36 heavy (non-hydrogen) atoms. The first-order valence-electron chi connectivity index (χ1n) is 10.7. The van der Waals surface area contributed by atoms with Crippen LogP contribution in [0.1, 0.15) is 17.3 Å². The van der Waals surface area contributed by atoms with Crippen molar-refractivity contribution in [1.29, 1.82) is 0 Å². The van der Waals surface area contributed by atoms with Gasteiger partial charge in [-0.1, -0.05) is 29.3 Å². The van der Waals surface area contributed by atoms with Gasteiger partial charge in [0.1, 0.15) is 15.5 Å². The van der Waals surface area contributed by atoms with Crippen molar-refractivity contribution in [2.24, 2.45) is 10.1 Å². The molecule has 0 amide bonds. The van der Waals surface area contributed by atoms with Crippen LogP contribution in [0.3, 0.4) is 0 Å². The Kier molecular flexibility index (Phi) is 8.06. The summed E-state index contributed by atoms with van der Waals surface area (Å²) >= 11 is 13.5. The number of amidine groups is 1. The molecule has 0 saturated carbocycles. The Bertz CT molecular complexity index is 1490. The first kappa shape index (κ1) is 26.6. The summed E-state index contributed by atoms with van der Waals surface area (Å²) in [6.07, 6.45) is 1.45. The van der Waals surface area contributed by atoms with E-state index in [1.807, 2.05) is 29.6 Å². The number of hydrazone groups is 1. The molecule has 0 spiro atoms. The quantitative estimate of drug-likeness (QED) is 0.302. The summed E-state index contributed by atoms with van der Waals surface area (Å²) in [7, 11) is -7.35. The summed E-state index contributed by atoms with van der Waals surface area (Å²) < 4.78 is 52.1. The fourth-order valence-corrected chi connectivity index (χ4v) is 6.03. The van der Waals surface area contributed by atoms with Gasteiger partial charge in [0, 0.05) is 27.6 Å². The van der Waals surface area contributed by atoms with Gasteiger partial charge in [0.05, 0.1) is 28.9 Å². The molecule has 3 aromatic rings. The van der Waals surface area contributed by atoms with E-state index < -0.39 is 19.9 Å². The maximum absolute atomic E-state index is 13.1. The predicted molar refractivity (Wildman–Crippen MR) is 147 cm³/mol. The lowest BCUT2D eigenvalue weighted by molar-refractivity contribution is 0.592. The topological polar surface area (TPSA) is 108 Å². The van der Waals surface area contributed by atoms with Crippen LogP contribution < -0.4 is 9.73 Å². The molecule has 4 rings (SSSR count). The Labute approximate surface area is 224 Å². The number of hydrogen-bond donors (Lipinski definition) is 1. The molecule has 1 atom stereocenters. The molecular weight excluding hydrogens is 563 g/mol. The molecule has 2 aromatic carbocycles. The predicted octanol–water partition coefficient (Wildman–Crippen LogP) is 4.78. The van der Waals surface area contributed by atoms with E-state index in [1.54, 1.807) is 28.5 Å². The van der Waals surface area contributed by atoms with Gasteiger partial charge in [-0.3, -0.25) is 14.7 Å². The van der Waals surface area contributed by atoms with Gasteiger partial charge in [-0.25, -0.2) is 16.8 Å². The number of aliphatic imine (C=N–C) groups is 1. The van der Waals surface area contributed by atoms with Crippen molar-refractivity contribution in [3.63, 3.8) is 0 Å². The number of sulfone groups is 1. The summed E-state index contributed by atoms with van der Waals surface area (Å²) in [5, 5.41) is 9.44.